The van der Waals surface area contributed by atoms with Crippen LogP contribution in [0.3, 0.4) is 0 Å². The van der Waals surface area contributed by atoms with Crippen LogP contribution in [-0.2, 0) is 19.5 Å². The summed E-state index contributed by atoms with van der Waals surface area (Å²) < 4.78 is 2.17. The summed E-state index contributed by atoms with van der Waals surface area (Å²) in [5, 5.41) is 8.53. The van der Waals surface area contributed by atoms with Gasteiger partial charge in [-0.25, -0.2) is 9.78 Å². The van der Waals surface area contributed by atoms with Crippen LogP contribution in [0.15, 0.2) is 30.5 Å². The highest BCUT2D eigenvalue weighted by Crippen LogP contribution is 2.19. The Morgan fingerprint density at radius 3 is 2.92 bits per heavy atom. The number of hydrogen-bond acceptors (Lipinski definition) is 3. The van der Waals surface area contributed by atoms with Crippen LogP contribution in [0.4, 0.5) is 10.5 Å². The number of urea groups is 1. The molecule has 0 spiro atoms. The lowest BCUT2D eigenvalue weighted by atomic mass is 10.2. The van der Waals surface area contributed by atoms with Crippen molar-refractivity contribution in [3.63, 3.8) is 0 Å². The Bertz CT molecular complexity index is 802. The van der Waals surface area contributed by atoms with Crippen LogP contribution >= 0.6 is 0 Å². The molecule has 26 heavy (non-hydrogen) atoms. The van der Waals surface area contributed by atoms with Crippen molar-refractivity contribution in [1.29, 1.82) is 0 Å². The quantitative estimate of drug-likeness (QED) is 0.771. The van der Waals surface area contributed by atoms with Crippen molar-refractivity contribution in [3.05, 3.63) is 47.5 Å². The fraction of sp³-hybridized carbons (Fsp3) is 0.421. The molecule has 1 fully saturated rings. The van der Waals surface area contributed by atoms with E-state index in [4.69, 9.17) is 0 Å². The molecule has 7 heteroatoms. The maximum absolute atomic E-state index is 12.4. The number of carbonyl (C=O) groups excluding carboxylic acids is 2. The van der Waals surface area contributed by atoms with Gasteiger partial charge in [-0.1, -0.05) is 6.07 Å². The SMILES string of the molecule is O=C(Nc1cccc(C(=O)NCc2cn3c(n2)CCCC3)c1)NC1CC1. The van der Waals surface area contributed by atoms with E-state index in [1.807, 2.05) is 6.20 Å². The lowest BCUT2D eigenvalue weighted by molar-refractivity contribution is 0.0950. The van der Waals surface area contributed by atoms with Crippen LogP contribution in [0, 0.1) is 0 Å². The Kier molecular flexibility index (Phi) is 4.60. The monoisotopic (exact) mass is 353 g/mol. The number of imidazole rings is 1. The number of carbonyl (C=O) groups is 2. The minimum Gasteiger partial charge on any atom is -0.346 e. The van der Waals surface area contributed by atoms with E-state index in [1.54, 1.807) is 24.3 Å². The van der Waals surface area contributed by atoms with Crippen molar-refractivity contribution < 1.29 is 9.59 Å². The zero-order chi connectivity index (χ0) is 17.9. The number of fused-ring (bicyclic) bond motifs is 1. The molecule has 1 aliphatic carbocycles. The van der Waals surface area contributed by atoms with Gasteiger partial charge in [0.1, 0.15) is 5.82 Å². The maximum atomic E-state index is 12.4. The zero-order valence-corrected chi connectivity index (χ0v) is 14.6. The summed E-state index contributed by atoms with van der Waals surface area (Å²) in [6.45, 7) is 1.41. The van der Waals surface area contributed by atoms with Gasteiger partial charge in [-0.15, -0.1) is 0 Å². The van der Waals surface area contributed by atoms with Crippen molar-refractivity contribution in [1.82, 2.24) is 20.2 Å². The molecule has 3 N–H and O–H groups in total. The first-order chi connectivity index (χ1) is 12.7. The number of aryl methyl sites for hydroxylation is 2. The summed E-state index contributed by atoms with van der Waals surface area (Å²) in [4.78, 5) is 28.8. The first-order valence-corrected chi connectivity index (χ1v) is 9.18. The fourth-order valence-electron chi connectivity index (χ4n) is 3.15. The van der Waals surface area contributed by atoms with Gasteiger partial charge in [-0.05, 0) is 43.9 Å². The molecule has 1 saturated carbocycles. The molecule has 0 atom stereocenters. The van der Waals surface area contributed by atoms with E-state index in [0.29, 0.717) is 23.8 Å². The van der Waals surface area contributed by atoms with Crippen molar-refractivity contribution in [2.24, 2.45) is 0 Å². The van der Waals surface area contributed by atoms with Crippen molar-refractivity contribution in [2.45, 2.75) is 51.2 Å². The zero-order valence-electron chi connectivity index (χ0n) is 14.6. The number of aromatic nitrogens is 2. The Balaban J connectivity index is 1.34. The van der Waals surface area contributed by atoms with Crippen LogP contribution in [0.25, 0.3) is 0 Å². The van der Waals surface area contributed by atoms with Crippen molar-refractivity contribution in [3.8, 4) is 0 Å². The minimum atomic E-state index is -0.228. The topological polar surface area (TPSA) is 88.1 Å². The summed E-state index contributed by atoms with van der Waals surface area (Å²) in [7, 11) is 0. The molecule has 0 unspecified atom stereocenters. The molecule has 3 amide bonds. The summed E-state index contributed by atoms with van der Waals surface area (Å²) in [5.41, 5.74) is 2.00. The summed E-state index contributed by atoms with van der Waals surface area (Å²) in [6, 6.07) is 7.01. The number of amides is 3. The number of nitrogens with zero attached hydrogens (tertiary/aromatic N) is 2. The highest BCUT2D eigenvalue weighted by atomic mass is 16.2. The third-order valence-electron chi connectivity index (χ3n) is 4.68. The van der Waals surface area contributed by atoms with Gasteiger partial charge in [-0.3, -0.25) is 4.79 Å². The molecule has 0 bridgehead atoms. The molecular formula is C19H23N5O2. The van der Waals surface area contributed by atoms with Crippen LogP contribution in [0.5, 0.6) is 0 Å². The number of hydrogen-bond donors (Lipinski definition) is 3. The normalized spacial score (nSPS) is 15.8. The Hall–Kier alpha value is -2.83. The van der Waals surface area contributed by atoms with Gasteiger partial charge in [0.15, 0.2) is 0 Å². The van der Waals surface area contributed by atoms with Crippen molar-refractivity contribution in [2.75, 3.05) is 5.32 Å². The molecule has 2 aliphatic rings. The molecule has 2 heterocycles. The van der Waals surface area contributed by atoms with Gasteiger partial charge in [0.05, 0.1) is 12.2 Å². The van der Waals surface area contributed by atoms with Gasteiger partial charge >= 0.3 is 6.03 Å². The first kappa shape index (κ1) is 16.6. The number of benzene rings is 1. The number of anilines is 1. The van der Waals surface area contributed by atoms with E-state index in [2.05, 4.69) is 25.5 Å². The average Bonchev–Trinajstić information content (AvgIpc) is 3.35. The molecule has 136 valence electrons. The number of nitrogens with one attached hydrogen (secondary N) is 3. The molecule has 1 aliphatic heterocycles. The standard InChI is InChI=1S/C19H23N5O2/c25-18(20-11-16-12-24-9-2-1-6-17(24)21-16)13-4-3-5-15(10-13)23-19(26)22-14-7-8-14/h3-5,10,12,14H,1-2,6-9,11H2,(H,20,25)(H2,22,23,26). The highest BCUT2D eigenvalue weighted by molar-refractivity contribution is 5.96. The first-order valence-electron chi connectivity index (χ1n) is 9.18. The van der Waals surface area contributed by atoms with E-state index in [-0.39, 0.29) is 11.9 Å². The van der Waals surface area contributed by atoms with Gasteiger partial charge in [0.2, 0.25) is 0 Å². The van der Waals surface area contributed by atoms with Gasteiger partial charge in [-0.2, -0.15) is 0 Å². The van der Waals surface area contributed by atoms with Crippen LogP contribution in [0.2, 0.25) is 0 Å². The second-order valence-corrected chi connectivity index (χ2v) is 6.94. The van der Waals surface area contributed by atoms with E-state index in [0.717, 1.165) is 37.3 Å². The van der Waals surface area contributed by atoms with Crippen LogP contribution in [0.1, 0.15) is 47.6 Å². The third kappa shape index (κ3) is 4.04. The summed E-state index contributed by atoms with van der Waals surface area (Å²) >= 11 is 0. The second-order valence-electron chi connectivity index (χ2n) is 6.94. The summed E-state index contributed by atoms with van der Waals surface area (Å²) in [6.07, 6.45) is 7.46. The van der Waals surface area contributed by atoms with Gasteiger partial charge < -0.3 is 20.5 Å². The molecular weight excluding hydrogens is 330 g/mol. The van der Waals surface area contributed by atoms with E-state index >= 15 is 0 Å². The van der Waals surface area contributed by atoms with E-state index < -0.39 is 0 Å². The maximum Gasteiger partial charge on any atom is 0.319 e. The predicted octanol–water partition coefficient (Wildman–Crippen LogP) is 2.43. The minimum absolute atomic E-state index is 0.178. The van der Waals surface area contributed by atoms with Crippen LogP contribution < -0.4 is 16.0 Å². The average molecular weight is 353 g/mol. The molecule has 0 radical (unpaired) electrons. The largest absolute Gasteiger partial charge is 0.346 e. The molecule has 0 saturated heterocycles. The lowest BCUT2D eigenvalue weighted by Crippen LogP contribution is -2.30. The molecule has 1 aromatic carbocycles. The van der Waals surface area contributed by atoms with Crippen molar-refractivity contribution >= 4 is 17.6 Å². The lowest BCUT2D eigenvalue weighted by Gasteiger charge is -2.11. The third-order valence-corrected chi connectivity index (χ3v) is 4.68. The predicted molar refractivity (Wildman–Crippen MR) is 98.0 cm³/mol. The fourth-order valence-corrected chi connectivity index (χ4v) is 3.15. The Morgan fingerprint density at radius 2 is 2.12 bits per heavy atom. The second kappa shape index (κ2) is 7.19. The molecule has 7 nitrogen and oxygen atoms in total. The number of rotatable bonds is 5. The molecule has 4 rings (SSSR count). The van der Waals surface area contributed by atoms with Gasteiger partial charge in [0, 0.05) is 36.5 Å². The van der Waals surface area contributed by atoms with Crippen LogP contribution in [-0.4, -0.2) is 27.5 Å². The molecule has 1 aromatic heterocycles. The molecule has 2 aromatic rings. The van der Waals surface area contributed by atoms with Gasteiger partial charge in [0.25, 0.3) is 5.91 Å². The smallest absolute Gasteiger partial charge is 0.319 e. The van der Waals surface area contributed by atoms with E-state index in [9.17, 15) is 9.59 Å². The Labute approximate surface area is 152 Å². The highest BCUT2D eigenvalue weighted by Gasteiger charge is 2.23. The summed E-state index contributed by atoms with van der Waals surface area (Å²) in [5.74, 6) is 0.926. The Morgan fingerprint density at radius 1 is 1.23 bits per heavy atom. The van der Waals surface area contributed by atoms with E-state index in [1.165, 1.54) is 12.8 Å².